The molecule has 1 N–H and O–H groups in total. The largest absolute Gasteiger partial charge is 0.493 e. The highest BCUT2D eigenvalue weighted by atomic mass is 16.5. The maximum absolute atomic E-state index is 5.40. The zero-order valence-electron chi connectivity index (χ0n) is 10.3. The van der Waals surface area contributed by atoms with Gasteiger partial charge in [0.05, 0.1) is 14.2 Å². The van der Waals surface area contributed by atoms with E-state index in [1.165, 1.54) is 0 Å². The first-order valence-corrected chi connectivity index (χ1v) is 5.55. The van der Waals surface area contributed by atoms with E-state index in [0.717, 1.165) is 34.6 Å². The molecule has 0 spiro atoms. The fourth-order valence-corrected chi connectivity index (χ4v) is 1.89. The molecule has 4 nitrogen and oxygen atoms in total. The Bertz CT molecular complexity index is 526. The summed E-state index contributed by atoms with van der Waals surface area (Å²) in [6, 6.07) is 5.81. The number of hydrogen-bond acceptors (Lipinski definition) is 4. The molecule has 0 saturated carbocycles. The standard InChI is InChI=1S/C13H16N2O2/c1-4-14-13-10-5-6-11(16-2)12(17-3)9(10)7-8-15-13/h5-8H,4H2,1-3H3,(H,14,15). The molecular formula is C13H16N2O2. The van der Waals surface area contributed by atoms with Crippen LogP contribution in [0.3, 0.4) is 0 Å². The molecule has 0 fully saturated rings. The Balaban J connectivity index is 2.69. The molecule has 0 radical (unpaired) electrons. The van der Waals surface area contributed by atoms with Crippen molar-refractivity contribution in [2.24, 2.45) is 0 Å². The molecule has 0 bridgehead atoms. The van der Waals surface area contributed by atoms with Crippen LogP contribution < -0.4 is 14.8 Å². The van der Waals surface area contributed by atoms with Crippen molar-refractivity contribution in [3.63, 3.8) is 0 Å². The quantitative estimate of drug-likeness (QED) is 0.880. The zero-order valence-corrected chi connectivity index (χ0v) is 10.3. The minimum Gasteiger partial charge on any atom is -0.493 e. The topological polar surface area (TPSA) is 43.4 Å². The summed E-state index contributed by atoms with van der Waals surface area (Å²) in [7, 11) is 3.28. The predicted octanol–water partition coefficient (Wildman–Crippen LogP) is 2.68. The van der Waals surface area contributed by atoms with Crippen LogP contribution in [-0.2, 0) is 0 Å². The van der Waals surface area contributed by atoms with Crippen LogP contribution in [0.1, 0.15) is 6.92 Å². The van der Waals surface area contributed by atoms with Crippen LogP contribution in [0.5, 0.6) is 11.5 Å². The van der Waals surface area contributed by atoms with Crippen molar-refractivity contribution in [2.75, 3.05) is 26.1 Å². The van der Waals surface area contributed by atoms with Crippen LogP contribution in [0.15, 0.2) is 24.4 Å². The molecule has 0 amide bonds. The summed E-state index contributed by atoms with van der Waals surface area (Å²) in [6.07, 6.45) is 1.77. The first-order valence-electron chi connectivity index (χ1n) is 5.55. The number of rotatable bonds is 4. The maximum Gasteiger partial charge on any atom is 0.168 e. The molecule has 1 heterocycles. The normalized spacial score (nSPS) is 10.3. The molecule has 0 saturated heterocycles. The second kappa shape index (κ2) is 4.91. The van der Waals surface area contributed by atoms with Gasteiger partial charge < -0.3 is 14.8 Å². The van der Waals surface area contributed by atoms with Gasteiger partial charge in [0.2, 0.25) is 0 Å². The molecule has 17 heavy (non-hydrogen) atoms. The van der Waals surface area contributed by atoms with Gasteiger partial charge in [0.1, 0.15) is 5.82 Å². The monoisotopic (exact) mass is 232 g/mol. The van der Waals surface area contributed by atoms with Crippen molar-refractivity contribution in [1.29, 1.82) is 0 Å². The lowest BCUT2D eigenvalue weighted by atomic mass is 10.1. The van der Waals surface area contributed by atoms with Crippen LogP contribution in [0, 0.1) is 0 Å². The molecule has 0 aliphatic rings. The minimum atomic E-state index is 0.730. The Morgan fingerprint density at radius 2 is 1.94 bits per heavy atom. The Hall–Kier alpha value is -1.97. The highest BCUT2D eigenvalue weighted by Crippen LogP contribution is 2.37. The molecule has 90 valence electrons. The van der Waals surface area contributed by atoms with Crippen molar-refractivity contribution in [2.45, 2.75) is 6.92 Å². The van der Waals surface area contributed by atoms with E-state index < -0.39 is 0 Å². The Morgan fingerprint density at radius 3 is 2.59 bits per heavy atom. The number of fused-ring (bicyclic) bond motifs is 1. The number of nitrogens with zero attached hydrogens (tertiary/aromatic N) is 1. The zero-order chi connectivity index (χ0) is 12.3. The highest BCUT2D eigenvalue weighted by Gasteiger charge is 2.11. The van der Waals surface area contributed by atoms with Gasteiger partial charge in [0.25, 0.3) is 0 Å². The summed E-state index contributed by atoms with van der Waals surface area (Å²) in [5, 5.41) is 5.26. The van der Waals surface area contributed by atoms with Crippen molar-refractivity contribution in [3.05, 3.63) is 24.4 Å². The molecule has 0 atom stereocenters. The van der Waals surface area contributed by atoms with Crippen molar-refractivity contribution in [3.8, 4) is 11.5 Å². The molecule has 0 aliphatic carbocycles. The van der Waals surface area contributed by atoms with Gasteiger partial charge >= 0.3 is 0 Å². The van der Waals surface area contributed by atoms with Gasteiger partial charge in [-0.1, -0.05) is 0 Å². The van der Waals surface area contributed by atoms with Crippen LogP contribution in [0.4, 0.5) is 5.82 Å². The van der Waals surface area contributed by atoms with Crippen LogP contribution in [0.2, 0.25) is 0 Å². The second-order valence-corrected chi connectivity index (χ2v) is 3.59. The van der Waals surface area contributed by atoms with Crippen LogP contribution >= 0.6 is 0 Å². The van der Waals surface area contributed by atoms with Crippen molar-refractivity contribution in [1.82, 2.24) is 4.98 Å². The first-order chi connectivity index (χ1) is 8.31. The van der Waals surface area contributed by atoms with Gasteiger partial charge in [-0.05, 0) is 25.1 Å². The summed E-state index contributed by atoms with van der Waals surface area (Å²) in [5.41, 5.74) is 0. The molecular weight excluding hydrogens is 216 g/mol. The number of pyridine rings is 1. The summed E-state index contributed by atoms with van der Waals surface area (Å²) in [6.45, 7) is 2.88. The van der Waals surface area contributed by atoms with E-state index in [4.69, 9.17) is 9.47 Å². The van der Waals surface area contributed by atoms with Crippen molar-refractivity contribution >= 4 is 16.6 Å². The van der Waals surface area contributed by atoms with E-state index in [9.17, 15) is 0 Å². The Labute approximate surface area is 101 Å². The molecule has 2 aromatic rings. The molecule has 1 aromatic carbocycles. The summed E-state index contributed by atoms with van der Waals surface area (Å²) >= 11 is 0. The molecule has 2 rings (SSSR count). The van der Waals surface area contributed by atoms with Gasteiger partial charge in [0.15, 0.2) is 11.5 Å². The van der Waals surface area contributed by atoms with Gasteiger partial charge in [-0.3, -0.25) is 0 Å². The Morgan fingerprint density at radius 1 is 1.12 bits per heavy atom. The van der Waals surface area contributed by atoms with E-state index >= 15 is 0 Å². The number of aromatic nitrogens is 1. The summed E-state index contributed by atoms with van der Waals surface area (Å²) < 4.78 is 10.7. The number of benzene rings is 1. The lowest BCUT2D eigenvalue weighted by Crippen LogP contribution is -2.00. The molecule has 0 unspecified atom stereocenters. The lowest BCUT2D eigenvalue weighted by Gasteiger charge is -2.12. The third-order valence-corrected chi connectivity index (χ3v) is 2.63. The fraction of sp³-hybridized carbons (Fsp3) is 0.308. The predicted molar refractivity (Wildman–Crippen MR) is 69.0 cm³/mol. The average molecular weight is 232 g/mol. The minimum absolute atomic E-state index is 0.730. The second-order valence-electron chi connectivity index (χ2n) is 3.59. The fourth-order valence-electron chi connectivity index (χ4n) is 1.89. The van der Waals surface area contributed by atoms with E-state index in [1.54, 1.807) is 20.4 Å². The first kappa shape index (κ1) is 11.5. The number of methoxy groups -OCH3 is 2. The molecule has 0 aliphatic heterocycles. The maximum atomic E-state index is 5.40. The number of anilines is 1. The van der Waals surface area contributed by atoms with Gasteiger partial charge in [0, 0.05) is 23.5 Å². The molecule has 4 heteroatoms. The number of nitrogens with one attached hydrogen (secondary N) is 1. The van der Waals surface area contributed by atoms with Gasteiger partial charge in [-0.15, -0.1) is 0 Å². The smallest absolute Gasteiger partial charge is 0.168 e. The van der Waals surface area contributed by atoms with E-state index in [-0.39, 0.29) is 0 Å². The average Bonchev–Trinajstić information content (AvgIpc) is 2.38. The number of hydrogen-bond donors (Lipinski definition) is 1. The van der Waals surface area contributed by atoms with E-state index in [2.05, 4.69) is 10.3 Å². The van der Waals surface area contributed by atoms with E-state index in [1.807, 2.05) is 25.1 Å². The highest BCUT2D eigenvalue weighted by molar-refractivity contribution is 5.97. The van der Waals surface area contributed by atoms with Crippen molar-refractivity contribution < 1.29 is 9.47 Å². The van der Waals surface area contributed by atoms with Gasteiger partial charge in [-0.2, -0.15) is 0 Å². The lowest BCUT2D eigenvalue weighted by molar-refractivity contribution is 0.358. The third kappa shape index (κ3) is 1.98. The summed E-state index contributed by atoms with van der Waals surface area (Å²) in [5.74, 6) is 2.34. The summed E-state index contributed by atoms with van der Waals surface area (Å²) in [4.78, 5) is 4.32. The van der Waals surface area contributed by atoms with Crippen LogP contribution in [0.25, 0.3) is 10.8 Å². The van der Waals surface area contributed by atoms with Crippen LogP contribution in [-0.4, -0.2) is 25.7 Å². The van der Waals surface area contributed by atoms with Gasteiger partial charge in [-0.25, -0.2) is 4.98 Å². The molecule has 1 aromatic heterocycles. The number of ether oxygens (including phenoxy) is 2. The SMILES string of the molecule is CCNc1nccc2c(OC)c(OC)ccc12. The third-order valence-electron chi connectivity index (χ3n) is 2.63. The van der Waals surface area contributed by atoms with E-state index in [0.29, 0.717) is 0 Å². The Kier molecular flexibility index (Phi) is 3.32.